The number of H-pyrrole nitrogens is 1. The number of fused-ring (bicyclic) bond motifs is 3. The van der Waals surface area contributed by atoms with Crippen LogP contribution in [-0.4, -0.2) is 59.9 Å². The van der Waals surface area contributed by atoms with Crippen LogP contribution in [0.5, 0.6) is 0 Å². The molecule has 2 aliphatic heterocycles. The maximum atomic E-state index is 14.1. The zero-order chi connectivity index (χ0) is 24.4. The van der Waals surface area contributed by atoms with E-state index >= 15 is 0 Å². The molecule has 0 spiro atoms. The van der Waals surface area contributed by atoms with Crippen molar-refractivity contribution in [3.8, 4) is 0 Å². The lowest BCUT2D eigenvalue weighted by Gasteiger charge is -2.47. The number of aromatic amines is 1. The van der Waals surface area contributed by atoms with Crippen molar-refractivity contribution in [2.75, 3.05) is 24.8 Å². The SMILES string of the molecule is C[Si](C)(C)CCOCN1Cc2cnc3[nH]ccc3c2N(C2CCCCN2Cc2ccccc2)C1=O. The van der Waals surface area contributed by atoms with Crippen LogP contribution < -0.4 is 4.90 Å². The number of hydrogen-bond acceptors (Lipinski definition) is 4. The van der Waals surface area contributed by atoms with Crippen LogP contribution in [0.25, 0.3) is 11.0 Å². The summed E-state index contributed by atoms with van der Waals surface area (Å²) < 4.78 is 6.04. The number of pyridine rings is 1. The van der Waals surface area contributed by atoms with Crippen LogP contribution in [0.1, 0.15) is 30.4 Å². The number of nitrogens with zero attached hydrogens (tertiary/aromatic N) is 4. The van der Waals surface area contributed by atoms with Gasteiger partial charge in [0.05, 0.1) is 18.4 Å². The Balaban J connectivity index is 1.46. The van der Waals surface area contributed by atoms with Crippen molar-refractivity contribution >= 4 is 30.8 Å². The summed E-state index contributed by atoms with van der Waals surface area (Å²) in [5, 5.41) is 1.01. The first kappa shape index (κ1) is 24.0. The number of aromatic nitrogens is 2. The molecule has 2 aromatic heterocycles. The summed E-state index contributed by atoms with van der Waals surface area (Å²) in [5.41, 5.74) is 4.18. The van der Waals surface area contributed by atoms with Crippen molar-refractivity contribution in [3.05, 3.63) is 59.9 Å². The number of amides is 2. The minimum Gasteiger partial charge on any atom is -0.361 e. The maximum absolute atomic E-state index is 14.1. The van der Waals surface area contributed by atoms with Gasteiger partial charge in [-0.3, -0.25) is 14.7 Å². The number of carbonyl (C=O) groups is 1. The molecule has 0 radical (unpaired) electrons. The van der Waals surface area contributed by atoms with Crippen LogP contribution in [-0.2, 0) is 17.8 Å². The van der Waals surface area contributed by atoms with Crippen molar-refractivity contribution in [3.63, 3.8) is 0 Å². The van der Waals surface area contributed by atoms with E-state index < -0.39 is 8.07 Å². The van der Waals surface area contributed by atoms with Gasteiger partial charge in [-0.25, -0.2) is 9.78 Å². The highest BCUT2D eigenvalue weighted by Gasteiger charge is 2.40. The molecular weight excluding hydrogens is 454 g/mol. The second-order valence-electron chi connectivity index (χ2n) is 11.0. The van der Waals surface area contributed by atoms with Gasteiger partial charge in [-0.2, -0.15) is 0 Å². The summed E-state index contributed by atoms with van der Waals surface area (Å²) in [7, 11) is -1.19. The molecule has 0 aliphatic carbocycles. The summed E-state index contributed by atoms with van der Waals surface area (Å²) in [5.74, 6) is 0. The number of hydrogen-bond donors (Lipinski definition) is 1. The van der Waals surface area contributed by atoms with E-state index in [-0.39, 0.29) is 12.2 Å². The van der Waals surface area contributed by atoms with Gasteiger partial charge in [0.15, 0.2) is 0 Å². The Morgan fingerprint density at radius 2 is 1.97 bits per heavy atom. The minimum absolute atomic E-state index is 0.000452. The summed E-state index contributed by atoms with van der Waals surface area (Å²) >= 11 is 0. The van der Waals surface area contributed by atoms with E-state index in [2.05, 4.69) is 64.8 Å². The monoisotopic (exact) mass is 491 g/mol. The molecule has 1 aromatic carbocycles. The molecule has 1 saturated heterocycles. The Hall–Kier alpha value is -2.68. The zero-order valence-corrected chi connectivity index (χ0v) is 22.2. The standard InChI is InChI=1S/C27H37N5O2Si/c1-35(2,3)16-15-34-20-31-19-22-17-29-26-23(12-13-28-26)25(22)32(27(31)33)24-11-7-8-14-30(24)18-21-9-5-4-6-10-21/h4-6,9-10,12-13,17,24H,7-8,11,14-16,18-20H2,1-3H3,(H,28,29). The minimum atomic E-state index is -1.19. The molecule has 7 nitrogen and oxygen atoms in total. The highest BCUT2D eigenvalue weighted by atomic mass is 28.3. The number of piperidine rings is 1. The van der Waals surface area contributed by atoms with E-state index in [0.717, 1.165) is 60.7 Å². The number of benzene rings is 1. The zero-order valence-electron chi connectivity index (χ0n) is 21.2. The molecular formula is C27H37N5O2Si. The Morgan fingerprint density at radius 1 is 1.14 bits per heavy atom. The van der Waals surface area contributed by atoms with Gasteiger partial charge in [-0.1, -0.05) is 50.0 Å². The van der Waals surface area contributed by atoms with E-state index in [1.54, 1.807) is 0 Å². The van der Waals surface area contributed by atoms with E-state index in [1.165, 1.54) is 5.56 Å². The third-order valence-corrected chi connectivity index (χ3v) is 8.77. The predicted molar refractivity (Wildman–Crippen MR) is 143 cm³/mol. The number of ether oxygens (including phenoxy) is 1. The quantitative estimate of drug-likeness (QED) is 0.328. The molecule has 0 saturated carbocycles. The lowest BCUT2D eigenvalue weighted by atomic mass is 10.0. The Bertz CT molecular complexity index is 1160. The molecule has 5 rings (SSSR count). The average Bonchev–Trinajstić information content (AvgIpc) is 3.32. The van der Waals surface area contributed by atoms with E-state index in [1.807, 2.05) is 28.3 Å². The molecule has 186 valence electrons. The summed E-state index contributed by atoms with van der Waals surface area (Å²) in [6.45, 7) is 10.4. The number of urea groups is 1. The molecule has 0 bridgehead atoms. The number of anilines is 1. The van der Waals surface area contributed by atoms with E-state index in [4.69, 9.17) is 4.74 Å². The largest absolute Gasteiger partial charge is 0.361 e. The Morgan fingerprint density at radius 3 is 2.77 bits per heavy atom. The van der Waals surface area contributed by atoms with Crippen LogP contribution in [0.3, 0.4) is 0 Å². The van der Waals surface area contributed by atoms with Gasteiger partial charge in [0.2, 0.25) is 0 Å². The maximum Gasteiger partial charge on any atom is 0.327 e. The third-order valence-electron chi connectivity index (χ3n) is 7.06. The van der Waals surface area contributed by atoms with Crippen molar-refractivity contribution in [1.82, 2.24) is 19.8 Å². The number of nitrogens with one attached hydrogen (secondary N) is 1. The van der Waals surface area contributed by atoms with Crippen LogP contribution >= 0.6 is 0 Å². The second-order valence-corrected chi connectivity index (χ2v) is 16.6. The van der Waals surface area contributed by atoms with Gasteiger partial charge in [-0.05, 0) is 36.9 Å². The first-order chi connectivity index (χ1) is 16.9. The average molecular weight is 492 g/mol. The van der Waals surface area contributed by atoms with E-state index in [0.29, 0.717) is 19.9 Å². The van der Waals surface area contributed by atoms with Crippen molar-refractivity contribution in [2.24, 2.45) is 0 Å². The molecule has 1 atom stereocenters. The van der Waals surface area contributed by atoms with Crippen LogP contribution in [0.4, 0.5) is 10.5 Å². The van der Waals surface area contributed by atoms with Crippen molar-refractivity contribution < 1.29 is 9.53 Å². The molecule has 8 heteroatoms. The molecule has 1 N–H and O–H groups in total. The van der Waals surface area contributed by atoms with Gasteiger partial charge in [0.25, 0.3) is 0 Å². The fourth-order valence-electron chi connectivity index (χ4n) is 5.16. The van der Waals surface area contributed by atoms with Crippen molar-refractivity contribution in [1.29, 1.82) is 0 Å². The lowest BCUT2D eigenvalue weighted by Crippen LogP contribution is -2.59. The molecule has 3 aromatic rings. The van der Waals surface area contributed by atoms with Gasteiger partial charge < -0.3 is 9.72 Å². The van der Waals surface area contributed by atoms with Gasteiger partial charge >= 0.3 is 6.03 Å². The summed E-state index contributed by atoms with van der Waals surface area (Å²) in [6, 6.07) is 13.7. The number of carbonyl (C=O) groups excluding carboxylic acids is 1. The Kier molecular flexibility index (Phi) is 6.95. The molecule has 4 heterocycles. The highest BCUT2D eigenvalue weighted by molar-refractivity contribution is 6.76. The molecule has 2 amide bonds. The van der Waals surface area contributed by atoms with Crippen LogP contribution in [0.15, 0.2) is 48.8 Å². The van der Waals surface area contributed by atoms with Crippen molar-refractivity contribution in [2.45, 2.75) is 64.2 Å². The third kappa shape index (κ3) is 5.29. The van der Waals surface area contributed by atoms with Crippen LogP contribution in [0, 0.1) is 0 Å². The topological polar surface area (TPSA) is 64.7 Å². The molecule has 35 heavy (non-hydrogen) atoms. The Labute approximate surface area is 209 Å². The predicted octanol–water partition coefficient (Wildman–Crippen LogP) is 5.63. The molecule has 1 fully saturated rings. The number of rotatable bonds is 8. The fraction of sp³-hybridized carbons (Fsp3) is 0.481. The fourth-order valence-corrected chi connectivity index (χ4v) is 5.91. The summed E-state index contributed by atoms with van der Waals surface area (Å²) in [4.78, 5) is 28.3. The molecule has 2 aliphatic rings. The number of likely N-dealkylation sites (tertiary alicyclic amines) is 1. The first-order valence-corrected chi connectivity index (χ1v) is 16.5. The van der Waals surface area contributed by atoms with Gasteiger partial charge in [-0.15, -0.1) is 0 Å². The first-order valence-electron chi connectivity index (χ1n) is 12.8. The van der Waals surface area contributed by atoms with Gasteiger partial charge in [0, 0.05) is 51.1 Å². The smallest absolute Gasteiger partial charge is 0.327 e. The van der Waals surface area contributed by atoms with Gasteiger partial charge in [0.1, 0.15) is 12.4 Å². The second kappa shape index (κ2) is 10.1. The normalized spacial score (nSPS) is 19.4. The van der Waals surface area contributed by atoms with Crippen LogP contribution in [0.2, 0.25) is 25.7 Å². The van der Waals surface area contributed by atoms with E-state index in [9.17, 15) is 4.79 Å². The lowest BCUT2D eigenvalue weighted by molar-refractivity contribution is 0.0456. The highest BCUT2D eigenvalue weighted by Crippen LogP contribution is 2.38. The summed E-state index contributed by atoms with van der Waals surface area (Å²) in [6.07, 6.45) is 7.06. The molecule has 1 unspecified atom stereocenters.